The molecule has 0 spiro atoms. The van der Waals surface area contributed by atoms with E-state index in [0.29, 0.717) is 5.92 Å². The van der Waals surface area contributed by atoms with Crippen LogP contribution in [0, 0.1) is 23.7 Å². The third kappa shape index (κ3) is 1.95. The predicted molar refractivity (Wildman–Crippen MR) is 83.2 cm³/mol. The van der Waals surface area contributed by atoms with E-state index >= 15 is 0 Å². The normalized spacial score (nSPS) is 40.5. The van der Waals surface area contributed by atoms with Gasteiger partial charge in [0.05, 0.1) is 12.2 Å². The van der Waals surface area contributed by atoms with E-state index in [-0.39, 0.29) is 0 Å². The van der Waals surface area contributed by atoms with E-state index in [4.69, 9.17) is 4.74 Å². The van der Waals surface area contributed by atoms with Gasteiger partial charge in [0, 0.05) is 5.56 Å². The largest absolute Gasteiger partial charge is 0.493 e. The van der Waals surface area contributed by atoms with E-state index in [1.54, 1.807) is 0 Å². The molecular formula is C19H26O2. The van der Waals surface area contributed by atoms with Gasteiger partial charge in [0.2, 0.25) is 0 Å². The van der Waals surface area contributed by atoms with E-state index in [1.807, 2.05) is 18.2 Å². The number of aliphatic hydroxyl groups is 1. The fourth-order valence-corrected chi connectivity index (χ4v) is 5.58. The Labute approximate surface area is 127 Å². The summed E-state index contributed by atoms with van der Waals surface area (Å²) in [7, 11) is 0. The summed E-state index contributed by atoms with van der Waals surface area (Å²) in [6.07, 6.45) is 7.28. The number of rotatable bonds is 4. The smallest absolute Gasteiger partial charge is 0.125 e. The lowest BCUT2D eigenvalue weighted by molar-refractivity contribution is -0.0529. The average molecular weight is 286 g/mol. The van der Waals surface area contributed by atoms with E-state index in [1.165, 1.54) is 25.7 Å². The molecule has 3 aliphatic rings. The van der Waals surface area contributed by atoms with Gasteiger partial charge in [0.15, 0.2) is 0 Å². The molecule has 1 aromatic carbocycles. The Morgan fingerprint density at radius 2 is 2.05 bits per heavy atom. The molecule has 1 N–H and O–H groups in total. The topological polar surface area (TPSA) is 29.5 Å². The van der Waals surface area contributed by atoms with E-state index < -0.39 is 5.60 Å². The Hall–Kier alpha value is -1.02. The Bertz CT molecular complexity index is 526. The van der Waals surface area contributed by atoms with Crippen molar-refractivity contribution in [2.75, 3.05) is 6.61 Å². The van der Waals surface area contributed by atoms with Crippen LogP contribution in [0.3, 0.4) is 0 Å². The average Bonchev–Trinajstić information content (AvgIpc) is 3.17. The van der Waals surface area contributed by atoms with Gasteiger partial charge in [0.25, 0.3) is 0 Å². The molecule has 21 heavy (non-hydrogen) atoms. The van der Waals surface area contributed by atoms with Crippen molar-refractivity contribution in [2.24, 2.45) is 23.7 Å². The van der Waals surface area contributed by atoms with Gasteiger partial charge in [-0.1, -0.05) is 31.5 Å². The van der Waals surface area contributed by atoms with Crippen molar-refractivity contribution in [2.45, 2.75) is 51.0 Å². The Morgan fingerprint density at radius 1 is 1.24 bits per heavy atom. The molecule has 0 aliphatic heterocycles. The summed E-state index contributed by atoms with van der Waals surface area (Å²) in [5, 5.41) is 11.5. The minimum atomic E-state index is -0.638. The fourth-order valence-electron chi connectivity index (χ4n) is 5.58. The first-order chi connectivity index (χ1) is 10.2. The minimum Gasteiger partial charge on any atom is -0.493 e. The standard InChI is InChI=1S/C19H26O2/c1-2-10-21-18-9-4-3-8-16(18)19(20)12-13-11-17(19)15-7-5-6-14(13)15/h3-4,8-9,13-15,17,20H,2,5-7,10-12H2,1H3. The maximum atomic E-state index is 11.5. The Morgan fingerprint density at radius 3 is 2.90 bits per heavy atom. The zero-order valence-electron chi connectivity index (χ0n) is 12.9. The van der Waals surface area contributed by atoms with Gasteiger partial charge in [-0.05, 0) is 61.8 Å². The zero-order chi connectivity index (χ0) is 14.4. The molecule has 114 valence electrons. The third-order valence-electron chi connectivity index (χ3n) is 6.31. The number of fused-ring (bicyclic) bond motifs is 5. The first-order valence-corrected chi connectivity index (χ1v) is 8.68. The summed E-state index contributed by atoms with van der Waals surface area (Å²) in [6, 6.07) is 8.18. The van der Waals surface area contributed by atoms with Gasteiger partial charge in [-0.3, -0.25) is 0 Å². The lowest BCUT2D eigenvalue weighted by Gasteiger charge is -2.40. The highest BCUT2D eigenvalue weighted by Gasteiger charge is 2.61. The molecule has 5 unspecified atom stereocenters. The van der Waals surface area contributed by atoms with Crippen molar-refractivity contribution in [1.29, 1.82) is 0 Å². The summed E-state index contributed by atoms with van der Waals surface area (Å²) >= 11 is 0. The van der Waals surface area contributed by atoms with Crippen molar-refractivity contribution in [1.82, 2.24) is 0 Å². The van der Waals surface area contributed by atoms with Crippen LogP contribution in [0.25, 0.3) is 0 Å². The highest BCUT2D eigenvalue weighted by molar-refractivity contribution is 5.40. The van der Waals surface area contributed by atoms with Gasteiger partial charge in [-0.2, -0.15) is 0 Å². The first-order valence-electron chi connectivity index (χ1n) is 8.68. The molecule has 2 bridgehead atoms. The monoisotopic (exact) mass is 286 g/mol. The van der Waals surface area contributed by atoms with Gasteiger partial charge in [0.1, 0.15) is 5.75 Å². The Kier molecular flexibility index (Phi) is 3.25. The molecule has 2 heteroatoms. The highest BCUT2D eigenvalue weighted by Crippen LogP contribution is 2.65. The SMILES string of the molecule is CCCOc1ccccc1C1(O)CC2CC1C1CCCC21. The number of ether oxygens (including phenoxy) is 1. The molecule has 0 amide bonds. The maximum Gasteiger partial charge on any atom is 0.125 e. The van der Waals surface area contributed by atoms with Gasteiger partial charge in [-0.25, -0.2) is 0 Å². The summed E-state index contributed by atoms with van der Waals surface area (Å²) in [4.78, 5) is 0. The molecule has 0 radical (unpaired) electrons. The van der Waals surface area contributed by atoms with Gasteiger partial charge >= 0.3 is 0 Å². The Balaban J connectivity index is 1.67. The van der Waals surface area contributed by atoms with Crippen molar-refractivity contribution >= 4 is 0 Å². The van der Waals surface area contributed by atoms with Crippen LogP contribution in [-0.4, -0.2) is 11.7 Å². The van der Waals surface area contributed by atoms with Gasteiger partial charge in [-0.15, -0.1) is 0 Å². The van der Waals surface area contributed by atoms with Gasteiger partial charge < -0.3 is 9.84 Å². The van der Waals surface area contributed by atoms with Crippen LogP contribution in [0.1, 0.15) is 51.0 Å². The lowest BCUT2D eigenvalue weighted by atomic mass is 9.70. The second-order valence-corrected chi connectivity index (χ2v) is 7.33. The van der Waals surface area contributed by atoms with Crippen LogP contribution in [0.5, 0.6) is 5.75 Å². The van der Waals surface area contributed by atoms with Crippen molar-refractivity contribution in [3.8, 4) is 5.75 Å². The van der Waals surface area contributed by atoms with E-state index in [0.717, 1.165) is 48.5 Å². The van der Waals surface area contributed by atoms with Crippen LogP contribution < -0.4 is 4.74 Å². The predicted octanol–water partition coefficient (Wildman–Crippen LogP) is 4.12. The number of benzene rings is 1. The summed E-state index contributed by atoms with van der Waals surface area (Å²) in [5.41, 5.74) is 0.414. The van der Waals surface area contributed by atoms with Crippen molar-refractivity contribution in [3.63, 3.8) is 0 Å². The minimum absolute atomic E-state index is 0.460. The van der Waals surface area contributed by atoms with Crippen molar-refractivity contribution in [3.05, 3.63) is 29.8 Å². The van der Waals surface area contributed by atoms with Crippen LogP contribution in [0.2, 0.25) is 0 Å². The summed E-state index contributed by atoms with van der Waals surface area (Å²) < 4.78 is 5.92. The second-order valence-electron chi connectivity index (χ2n) is 7.33. The van der Waals surface area contributed by atoms with E-state index in [2.05, 4.69) is 13.0 Å². The molecule has 0 saturated heterocycles. The summed E-state index contributed by atoms with van der Waals surface area (Å²) in [6.45, 7) is 2.85. The molecule has 3 saturated carbocycles. The number of hydrogen-bond donors (Lipinski definition) is 1. The highest BCUT2D eigenvalue weighted by atomic mass is 16.5. The number of para-hydroxylation sites is 1. The lowest BCUT2D eigenvalue weighted by Crippen LogP contribution is -2.39. The van der Waals surface area contributed by atoms with Crippen LogP contribution >= 0.6 is 0 Å². The maximum absolute atomic E-state index is 11.5. The van der Waals surface area contributed by atoms with Crippen LogP contribution in [-0.2, 0) is 5.60 Å². The van der Waals surface area contributed by atoms with Crippen LogP contribution in [0.15, 0.2) is 24.3 Å². The molecule has 1 aromatic rings. The molecule has 5 atom stereocenters. The van der Waals surface area contributed by atoms with Crippen molar-refractivity contribution < 1.29 is 9.84 Å². The molecule has 0 aromatic heterocycles. The second kappa shape index (κ2) is 5.01. The first kappa shape index (κ1) is 13.6. The number of hydrogen-bond acceptors (Lipinski definition) is 2. The molecular weight excluding hydrogens is 260 g/mol. The molecule has 0 heterocycles. The zero-order valence-corrected chi connectivity index (χ0v) is 12.9. The van der Waals surface area contributed by atoms with E-state index in [9.17, 15) is 5.11 Å². The molecule has 3 aliphatic carbocycles. The quantitative estimate of drug-likeness (QED) is 0.902. The fraction of sp³-hybridized carbons (Fsp3) is 0.684. The summed E-state index contributed by atoms with van der Waals surface area (Å²) in [5.74, 6) is 3.77. The third-order valence-corrected chi connectivity index (χ3v) is 6.31. The molecule has 3 fully saturated rings. The molecule has 4 rings (SSSR count). The molecule has 2 nitrogen and oxygen atoms in total. The van der Waals surface area contributed by atoms with Crippen LogP contribution in [0.4, 0.5) is 0 Å².